The third kappa shape index (κ3) is 28.3. The molecule has 0 heterocycles. The van der Waals surface area contributed by atoms with Gasteiger partial charge in [-0.2, -0.15) is 0 Å². The second-order valence-corrected chi connectivity index (χ2v) is 19.7. The van der Waals surface area contributed by atoms with E-state index in [9.17, 15) is 38.4 Å². The summed E-state index contributed by atoms with van der Waals surface area (Å²) in [6, 6.07) is 8.98. The van der Waals surface area contributed by atoms with E-state index in [2.05, 4.69) is 59.4 Å². The van der Waals surface area contributed by atoms with Gasteiger partial charge in [0, 0.05) is 26.1 Å². The molecule has 0 unspecified atom stereocenters. The normalized spacial score (nSPS) is 13.3. The summed E-state index contributed by atoms with van der Waals surface area (Å²) in [6.45, 7) is 9.24. The molecule has 0 aromatic heterocycles. The molecule has 0 aliphatic rings. The van der Waals surface area contributed by atoms with Crippen LogP contribution in [-0.2, 0) is 51.2 Å². The quantitative estimate of drug-likeness (QED) is 0.0228. The number of nitrogens with one attached hydrogen (secondary N) is 8. The fourth-order valence-electron chi connectivity index (χ4n) is 7.88. The number of amides is 8. The van der Waals surface area contributed by atoms with Crippen molar-refractivity contribution in [2.45, 2.75) is 148 Å². The van der Waals surface area contributed by atoms with Crippen molar-refractivity contribution in [3.63, 3.8) is 0 Å². The number of carbonyl (C=O) groups is 8. The highest BCUT2D eigenvalue weighted by Crippen LogP contribution is 2.14. The molecule has 0 aliphatic heterocycles. The van der Waals surface area contributed by atoms with Gasteiger partial charge in [-0.25, -0.2) is 0 Å². The van der Waals surface area contributed by atoms with E-state index in [1.807, 2.05) is 27.7 Å². The minimum atomic E-state index is -1.29. The van der Waals surface area contributed by atoms with Crippen molar-refractivity contribution >= 4 is 59.2 Å². The first-order valence-corrected chi connectivity index (χ1v) is 26.5. The lowest BCUT2D eigenvalue weighted by molar-refractivity contribution is -0.135. The summed E-state index contributed by atoms with van der Waals surface area (Å²) in [5.74, 6) is -5.05. The van der Waals surface area contributed by atoms with Crippen LogP contribution in [-0.4, -0.2) is 135 Å². The van der Waals surface area contributed by atoms with Gasteiger partial charge in [-0.05, 0) is 86.5 Å². The Kier molecular flexibility index (Phi) is 31.1. The summed E-state index contributed by atoms with van der Waals surface area (Å²) in [5.41, 5.74) is 29.7. The number of methoxy groups -OCH3 is 1. The topological polar surface area (TPSA) is 397 Å². The Balaban J connectivity index is 2.32. The molecule has 0 bridgehead atoms. The van der Waals surface area contributed by atoms with E-state index in [1.54, 1.807) is 54.6 Å². The molecular weight excluding hydrogens is 991 g/mol. The van der Waals surface area contributed by atoms with Crippen molar-refractivity contribution in [1.29, 1.82) is 0 Å². The summed E-state index contributed by atoms with van der Waals surface area (Å²) >= 11 is 0. The number of guanidine groups is 2. The predicted octanol–water partition coefficient (Wildman–Crippen LogP) is -0.640. The molecule has 77 heavy (non-hydrogen) atoms. The predicted molar refractivity (Wildman–Crippen MR) is 296 cm³/mol. The third-order valence-corrected chi connectivity index (χ3v) is 11.9. The number of unbranched alkanes of at least 4 members (excludes halogenated alkanes) is 3. The molecule has 0 saturated heterocycles. The Morgan fingerprint density at radius 1 is 0.506 bits per heavy atom. The number of nitrogens with zero attached hydrogens (tertiary/aromatic N) is 2. The highest BCUT2D eigenvalue weighted by Gasteiger charge is 2.33. The van der Waals surface area contributed by atoms with Gasteiger partial charge in [-0.15, -0.1) is 0 Å². The van der Waals surface area contributed by atoms with E-state index < -0.39 is 90.7 Å². The Labute approximate surface area is 453 Å². The van der Waals surface area contributed by atoms with E-state index in [0.29, 0.717) is 24.3 Å². The summed E-state index contributed by atoms with van der Waals surface area (Å²) in [6.07, 6.45) is 4.92. The SMILES string of the molecule is CCCCCCNC(=O)[C@@H](CC(C)C)NC(=O)[C@H](CCCN=C(N)N)NC(=O)[C@H](CCCN=C(N)N)NC(=O)[C@H](CC(C)C)NC(=O)[C@H](Cc1ccccc1)NC(=O)CNC(=O)CNC(=O)[C@@H](N)Cc1ccc(OC)cc1. The molecule has 24 nitrogen and oxygen atoms in total. The molecular formula is C53H87N15O9. The zero-order chi connectivity index (χ0) is 57.3. The van der Waals surface area contributed by atoms with Crippen molar-refractivity contribution in [3.05, 3.63) is 65.7 Å². The van der Waals surface area contributed by atoms with Crippen LogP contribution < -0.4 is 75.9 Å². The molecule has 8 amide bonds. The van der Waals surface area contributed by atoms with Gasteiger partial charge in [0.15, 0.2) is 11.9 Å². The second-order valence-electron chi connectivity index (χ2n) is 19.7. The largest absolute Gasteiger partial charge is 0.497 e. The lowest BCUT2D eigenvalue weighted by Crippen LogP contribution is -2.59. The highest BCUT2D eigenvalue weighted by atomic mass is 16.5. The van der Waals surface area contributed by atoms with E-state index in [4.69, 9.17) is 33.4 Å². The minimum Gasteiger partial charge on any atom is -0.497 e. The zero-order valence-electron chi connectivity index (χ0n) is 45.8. The molecule has 0 fully saturated rings. The minimum absolute atomic E-state index is 0.00591. The third-order valence-electron chi connectivity index (χ3n) is 11.9. The Hall–Kier alpha value is -7.50. The molecule has 2 aromatic carbocycles. The van der Waals surface area contributed by atoms with E-state index in [0.717, 1.165) is 31.2 Å². The van der Waals surface area contributed by atoms with Gasteiger partial charge in [0.25, 0.3) is 0 Å². The number of hydrogen-bond acceptors (Lipinski definition) is 12. The molecule has 2 rings (SSSR count). The van der Waals surface area contributed by atoms with Crippen LogP contribution in [0.3, 0.4) is 0 Å². The molecule has 0 radical (unpaired) electrons. The Morgan fingerprint density at radius 3 is 1.49 bits per heavy atom. The highest BCUT2D eigenvalue weighted by molar-refractivity contribution is 5.97. The average Bonchev–Trinajstić information content (AvgIpc) is 3.38. The van der Waals surface area contributed by atoms with Crippen molar-refractivity contribution in [2.24, 2.45) is 50.5 Å². The number of carbonyl (C=O) groups excluding carboxylic acids is 8. The molecule has 6 atom stereocenters. The van der Waals surface area contributed by atoms with Crippen molar-refractivity contribution in [3.8, 4) is 5.75 Å². The summed E-state index contributed by atoms with van der Waals surface area (Å²) in [7, 11) is 1.54. The molecule has 0 saturated carbocycles. The van der Waals surface area contributed by atoms with Gasteiger partial charge in [0.2, 0.25) is 47.3 Å². The summed E-state index contributed by atoms with van der Waals surface area (Å²) in [5, 5.41) is 21.6. The standard InChI is InChI=1S/C53H87N15O9/c1-7-8-9-13-24-59-47(72)41(27-33(2)3)67-49(74)40(19-15-26-61-53(57)58)65-48(73)39(18-14-25-60-52(55)56)66-50(75)42(28-34(4)5)68-51(76)43(30-35-16-11-10-12-17-35)64-45(70)32-62-44(69)31-63-46(71)38(54)29-36-20-22-37(77-6)23-21-36/h10-12,16-17,20-23,33-34,38-43H,7-9,13-15,18-19,24-32,54H2,1-6H3,(H,59,72)(H,62,69)(H,63,71)(H,64,70)(H,65,73)(H,66,75)(H,67,74)(H,68,76)(H4,55,56,60)(H4,57,58,61)/t38-,39-,40-,41+,42-,43-/m0/s1. The number of nitrogens with two attached hydrogens (primary N) is 5. The second kappa shape index (κ2) is 36.5. The maximum Gasteiger partial charge on any atom is 0.243 e. The first-order chi connectivity index (χ1) is 36.6. The van der Waals surface area contributed by atoms with Crippen LogP contribution in [0.5, 0.6) is 5.75 Å². The monoisotopic (exact) mass is 1080 g/mol. The van der Waals surface area contributed by atoms with Gasteiger partial charge in [-0.1, -0.05) is 96.3 Å². The zero-order valence-corrected chi connectivity index (χ0v) is 45.8. The summed E-state index contributed by atoms with van der Waals surface area (Å²) < 4.78 is 5.15. The fourth-order valence-corrected chi connectivity index (χ4v) is 7.88. The number of ether oxygens (including phenoxy) is 1. The summed E-state index contributed by atoms with van der Waals surface area (Å²) in [4.78, 5) is 117. The molecule has 2 aromatic rings. The van der Waals surface area contributed by atoms with Gasteiger partial charge in [-0.3, -0.25) is 48.3 Å². The van der Waals surface area contributed by atoms with Crippen molar-refractivity contribution < 1.29 is 43.1 Å². The molecule has 428 valence electrons. The van der Waals surface area contributed by atoms with E-state index in [-0.39, 0.29) is 87.7 Å². The first-order valence-electron chi connectivity index (χ1n) is 26.5. The van der Waals surface area contributed by atoms with E-state index in [1.165, 1.54) is 7.11 Å². The molecule has 0 spiro atoms. The van der Waals surface area contributed by atoms with Crippen LogP contribution in [0.1, 0.15) is 110 Å². The first kappa shape index (κ1) is 65.6. The van der Waals surface area contributed by atoms with Crippen molar-refractivity contribution in [1.82, 2.24) is 42.5 Å². The van der Waals surface area contributed by atoms with Crippen LogP contribution in [0.2, 0.25) is 0 Å². The average molecular weight is 1080 g/mol. The van der Waals surface area contributed by atoms with Crippen LogP contribution >= 0.6 is 0 Å². The number of aliphatic imine (C=N–C) groups is 2. The van der Waals surface area contributed by atoms with Crippen LogP contribution in [0.25, 0.3) is 0 Å². The maximum atomic E-state index is 14.4. The number of rotatable bonds is 37. The van der Waals surface area contributed by atoms with Crippen LogP contribution in [0.15, 0.2) is 64.6 Å². The fraction of sp³-hybridized carbons (Fsp3) is 0.585. The molecule has 18 N–H and O–H groups in total. The van der Waals surface area contributed by atoms with Gasteiger partial charge >= 0.3 is 0 Å². The Morgan fingerprint density at radius 2 is 0.987 bits per heavy atom. The molecule has 0 aliphatic carbocycles. The smallest absolute Gasteiger partial charge is 0.243 e. The van der Waals surface area contributed by atoms with Gasteiger partial charge in [0.1, 0.15) is 36.0 Å². The van der Waals surface area contributed by atoms with E-state index >= 15 is 0 Å². The Bertz CT molecular complexity index is 2220. The van der Waals surface area contributed by atoms with Crippen molar-refractivity contribution in [2.75, 3.05) is 39.8 Å². The lowest BCUT2D eigenvalue weighted by Gasteiger charge is -2.28. The maximum absolute atomic E-state index is 14.4. The van der Waals surface area contributed by atoms with Crippen LogP contribution in [0.4, 0.5) is 0 Å². The van der Waals surface area contributed by atoms with Gasteiger partial charge < -0.3 is 75.9 Å². The number of hydrogen-bond donors (Lipinski definition) is 13. The number of benzene rings is 2. The lowest BCUT2D eigenvalue weighted by atomic mass is 10.00. The van der Waals surface area contributed by atoms with Crippen LogP contribution in [0, 0.1) is 11.8 Å². The van der Waals surface area contributed by atoms with Gasteiger partial charge in [0.05, 0.1) is 26.2 Å². The molecule has 24 heteroatoms.